The summed E-state index contributed by atoms with van der Waals surface area (Å²) >= 11 is 0. The molecule has 0 radical (unpaired) electrons. The van der Waals surface area contributed by atoms with Crippen molar-refractivity contribution in [3.63, 3.8) is 0 Å². The molecule has 0 aliphatic carbocycles. The molecule has 0 atom stereocenters. The maximum Gasteiger partial charge on any atom is 0.334 e. The van der Waals surface area contributed by atoms with Crippen molar-refractivity contribution in [1.82, 2.24) is 20.0 Å². The summed E-state index contributed by atoms with van der Waals surface area (Å²) in [6, 6.07) is 11.3. The molecule has 128 valence electrons. The number of nitrogens with zero attached hydrogens (tertiary/aromatic N) is 4. The first kappa shape index (κ1) is 15.4. The van der Waals surface area contributed by atoms with E-state index in [1.54, 1.807) is 17.2 Å². The predicted octanol–water partition coefficient (Wildman–Crippen LogP) is 2.48. The van der Waals surface area contributed by atoms with E-state index in [0.29, 0.717) is 6.54 Å². The summed E-state index contributed by atoms with van der Waals surface area (Å²) in [5.41, 5.74) is 5.51. The summed E-state index contributed by atoms with van der Waals surface area (Å²) in [5.74, 6) is 0.984. The van der Waals surface area contributed by atoms with Crippen molar-refractivity contribution in [2.45, 2.75) is 19.4 Å². The Morgan fingerprint density at radius 2 is 1.96 bits per heavy atom. The number of nitrogens with one attached hydrogen (secondary N) is 2. The van der Waals surface area contributed by atoms with Gasteiger partial charge in [0.05, 0.1) is 11.0 Å². The Morgan fingerprint density at radius 1 is 1.12 bits per heavy atom. The van der Waals surface area contributed by atoms with Crippen molar-refractivity contribution >= 4 is 22.9 Å². The molecule has 1 aliphatic heterocycles. The number of para-hydroxylation sites is 2. The lowest BCUT2D eigenvalue weighted by Gasteiger charge is -2.17. The van der Waals surface area contributed by atoms with Crippen molar-refractivity contribution in [2.75, 3.05) is 23.4 Å². The van der Waals surface area contributed by atoms with Crippen LogP contribution in [0.4, 0.5) is 10.6 Å². The van der Waals surface area contributed by atoms with Gasteiger partial charge in [0.2, 0.25) is 0 Å². The van der Waals surface area contributed by atoms with Crippen LogP contribution in [0.15, 0.2) is 48.9 Å². The second-order valence-electron chi connectivity index (χ2n) is 6.11. The predicted molar refractivity (Wildman–Crippen MR) is 97.0 cm³/mol. The van der Waals surface area contributed by atoms with Gasteiger partial charge in [0, 0.05) is 25.8 Å². The molecule has 3 heterocycles. The Morgan fingerprint density at radius 3 is 2.84 bits per heavy atom. The highest BCUT2D eigenvalue weighted by molar-refractivity contribution is 5.85. The van der Waals surface area contributed by atoms with Gasteiger partial charge < -0.3 is 10.2 Å². The number of fused-ring (bicyclic) bond motifs is 1. The van der Waals surface area contributed by atoms with Crippen molar-refractivity contribution in [3.05, 3.63) is 54.5 Å². The number of rotatable bonds is 4. The minimum absolute atomic E-state index is 0.275. The smallest absolute Gasteiger partial charge is 0.334 e. The number of urea groups is 1. The molecule has 4 rings (SSSR count). The zero-order chi connectivity index (χ0) is 17.1. The highest BCUT2D eigenvalue weighted by Crippen LogP contribution is 2.18. The Hall–Kier alpha value is -3.09. The maximum atomic E-state index is 12.2. The van der Waals surface area contributed by atoms with Crippen molar-refractivity contribution in [1.29, 1.82) is 0 Å². The number of hydrogen-bond donors (Lipinski definition) is 2. The summed E-state index contributed by atoms with van der Waals surface area (Å²) in [6.45, 7) is 2.55. The molecule has 2 aromatic heterocycles. The molecule has 1 fully saturated rings. The molecular weight excluding hydrogens is 316 g/mol. The first-order chi connectivity index (χ1) is 12.3. The van der Waals surface area contributed by atoms with Crippen molar-refractivity contribution in [3.8, 4) is 0 Å². The van der Waals surface area contributed by atoms with E-state index in [2.05, 4.69) is 25.6 Å². The highest BCUT2D eigenvalue weighted by atomic mass is 16.2. The summed E-state index contributed by atoms with van der Waals surface area (Å²) in [6.07, 6.45) is 5.82. The molecule has 1 aliphatic rings. The second-order valence-corrected chi connectivity index (χ2v) is 6.11. The van der Waals surface area contributed by atoms with Crippen LogP contribution < -0.4 is 15.6 Å². The number of benzene rings is 1. The zero-order valence-electron chi connectivity index (χ0n) is 13.9. The van der Waals surface area contributed by atoms with Crippen LogP contribution in [0.25, 0.3) is 11.0 Å². The molecule has 0 spiro atoms. The average Bonchev–Trinajstić information content (AvgIpc) is 3.31. The topological polar surface area (TPSA) is 75.1 Å². The molecule has 2 N–H and O–H groups in total. The summed E-state index contributed by atoms with van der Waals surface area (Å²) in [5, 5.41) is 2.87. The first-order valence-corrected chi connectivity index (χ1v) is 8.46. The molecular formula is C18H20N6O. The number of carbonyl (C=O) groups is 1. The largest absolute Gasteiger partial charge is 0.357 e. The standard InChI is InChI=1S/C18H20N6O/c25-18(22-24-13-21-15-5-1-2-6-16(15)24)20-12-14-7-8-19-17(11-14)23-9-3-4-10-23/h1-2,5-8,11,13H,3-4,9-10,12H2,(H2,20,22,25). The number of anilines is 1. The lowest BCUT2D eigenvalue weighted by atomic mass is 10.2. The van der Waals surface area contributed by atoms with E-state index < -0.39 is 0 Å². The molecule has 1 aromatic carbocycles. The Bertz CT molecular complexity index is 884. The van der Waals surface area contributed by atoms with Gasteiger partial charge in [0.25, 0.3) is 0 Å². The summed E-state index contributed by atoms with van der Waals surface area (Å²) < 4.78 is 1.62. The van der Waals surface area contributed by atoms with E-state index in [9.17, 15) is 4.79 Å². The van der Waals surface area contributed by atoms with Crippen molar-refractivity contribution < 1.29 is 4.79 Å². The third-order valence-corrected chi connectivity index (χ3v) is 4.37. The van der Waals surface area contributed by atoms with Crippen LogP contribution in [0, 0.1) is 0 Å². The van der Waals surface area contributed by atoms with Crippen LogP contribution in [0.1, 0.15) is 18.4 Å². The molecule has 0 unspecified atom stereocenters. The maximum absolute atomic E-state index is 12.2. The van der Waals surface area contributed by atoms with Crippen LogP contribution >= 0.6 is 0 Å². The van der Waals surface area contributed by atoms with Crippen LogP contribution in [-0.2, 0) is 6.54 Å². The van der Waals surface area contributed by atoms with Crippen LogP contribution in [0.3, 0.4) is 0 Å². The van der Waals surface area contributed by atoms with Gasteiger partial charge >= 0.3 is 6.03 Å². The second kappa shape index (κ2) is 6.80. The van der Waals surface area contributed by atoms with E-state index in [0.717, 1.165) is 35.5 Å². The minimum Gasteiger partial charge on any atom is -0.357 e. The normalized spacial score (nSPS) is 14.0. The Kier molecular flexibility index (Phi) is 4.20. The highest BCUT2D eigenvalue weighted by Gasteiger charge is 2.13. The fraction of sp³-hybridized carbons (Fsp3) is 0.278. The van der Waals surface area contributed by atoms with Gasteiger partial charge in [-0.15, -0.1) is 0 Å². The molecule has 0 saturated carbocycles. The van der Waals surface area contributed by atoms with Gasteiger partial charge in [-0.3, -0.25) is 0 Å². The van der Waals surface area contributed by atoms with E-state index in [1.807, 2.05) is 36.4 Å². The number of imidazole rings is 1. The monoisotopic (exact) mass is 336 g/mol. The van der Waals surface area contributed by atoms with Gasteiger partial charge in [-0.1, -0.05) is 12.1 Å². The lowest BCUT2D eigenvalue weighted by molar-refractivity contribution is 0.249. The SMILES string of the molecule is O=C(NCc1ccnc(N2CCCC2)c1)Nn1cnc2ccccc21. The van der Waals surface area contributed by atoms with Gasteiger partial charge in [0.1, 0.15) is 12.1 Å². The van der Waals surface area contributed by atoms with Crippen LogP contribution in [0.2, 0.25) is 0 Å². The minimum atomic E-state index is -0.275. The van der Waals surface area contributed by atoms with Gasteiger partial charge in [-0.2, -0.15) is 0 Å². The summed E-state index contributed by atoms with van der Waals surface area (Å²) in [4.78, 5) is 23.1. The molecule has 7 heteroatoms. The van der Waals surface area contributed by atoms with E-state index in [4.69, 9.17) is 0 Å². The van der Waals surface area contributed by atoms with E-state index in [1.165, 1.54) is 12.8 Å². The first-order valence-electron chi connectivity index (χ1n) is 8.46. The fourth-order valence-corrected chi connectivity index (χ4v) is 3.07. The third kappa shape index (κ3) is 3.40. The number of carbonyl (C=O) groups excluding carboxylic acids is 1. The Balaban J connectivity index is 1.38. The average molecular weight is 336 g/mol. The molecule has 2 amide bonds. The molecule has 25 heavy (non-hydrogen) atoms. The zero-order valence-corrected chi connectivity index (χ0v) is 13.9. The summed E-state index contributed by atoms with van der Waals surface area (Å²) in [7, 11) is 0. The molecule has 1 saturated heterocycles. The quantitative estimate of drug-likeness (QED) is 0.767. The van der Waals surface area contributed by atoms with Crippen molar-refractivity contribution in [2.24, 2.45) is 0 Å². The van der Waals surface area contributed by atoms with E-state index >= 15 is 0 Å². The molecule has 3 aromatic rings. The van der Waals surface area contributed by atoms with Gasteiger partial charge in [0.15, 0.2) is 0 Å². The Labute approximate surface area is 145 Å². The van der Waals surface area contributed by atoms with Gasteiger partial charge in [-0.05, 0) is 42.7 Å². The fourth-order valence-electron chi connectivity index (χ4n) is 3.07. The number of hydrogen-bond acceptors (Lipinski definition) is 4. The van der Waals surface area contributed by atoms with Crippen LogP contribution in [-0.4, -0.2) is 33.8 Å². The lowest BCUT2D eigenvalue weighted by Crippen LogP contribution is -2.33. The number of amides is 2. The van der Waals surface area contributed by atoms with Gasteiger partial charge in [-0.25, -0.2) is 24.9 Å². The van der Waals surface area contributed by atoms with Crippen LogP contribution in [0.5, 0.6) is 0 Å². The third-order valence-electron chi connectivity index (χ3n) is 4.37. The molecule has 0 bridgehead atoms. The molecule has 7 nitrogen and oxygen atoms in total. The number of aromatic nitrogens is 3. The van der Waals surface area contributed by atoms with E-state index in [-0.39, 0.29) is 6.03 Å². The number of pyridine rings is 1.